The van der Waals surface area contributed by atoms with Crippen LogP contribution in [0.25, 0.3) is 5.69 Å². The summed E-state index contributed by atoms with van der Waals surface area (Å²) in [5, 5.41) is 10.9. The molecule has 0 saturated carbocycles. The summed E-state index contributed by atoms with van der Waals surface area (Å²) in [6.07, 6.45) is 0. The Morgan fingerprint density at radius 3 is 2.09 bits per heavy atom. The molecule has 5 rings (SSSR count). The Kier molecular flexibility index (Phi) is 9.29. The molecule has 1 saturated heterocycles. The smallest absolute Gasteiger partial charge is 0.324 e. The van der Waals surface area contributed by atoms with Gasteiger partial charge in [0.15, 0.2) is 0 Å². The highest BCUT2D eigenvalue weighted by molar-refractivity contribution is 6.00. The molecule has 0 bridgehead atoms. The summed E-state index contributed by atoms with van der Waals surface area (Å²) in [7, 11) is 4.07. The first-order valence-electron chi connectivity index (χ1n) is 15.5. The van der Waals surface area contributed by atoms with Crippen molar-refractivity contribution in [2.75, 3.05) is 55.8 Å². The van der Waals surface area contributed by atoms with Crippen molar-refractivity contribution in [1.29, 1.82) is 0 Å². The fourth-order valence-corrected chi connectivity index (χ4v) is 5.40. The average Bonchev–Trinajstić information content (AvgIpc) is 3.43. The second-order valence-corrected chi connectivity index (χ2v) is 13.2. The number of nitrogens with one attached hydrogen (secondary N) is 2. The molecular formula is C36H45N7O2. The molecule has 0 radical (unpaired) electrons. The van der Waals surface area contributed by atoms with Crippen molar-refractivity contribution >= 4 is 29.1 Å². The van der Waals surface area contributed by atoms with E-state index in [0.29, 0.717) is 32.0 Å². The second kappa shape index (κ2) is 13.2. The molecule has 1 fully saturated rings. The lowest BCUT2D eigenvalue weighted by atomic mass is 9.92. The van der Waals surface area contributed by atoms with Gasteiger partial charge in [-0.2, -0.15) is 5.10 Å². The van der Waals surface area contributed by atoms with Gasteiger partial charge < -0.3 is 20.0 Å². The van der Waals surface area contributed by atoms with Crippen LogP contribution in [0, 0.1) is 13.8 Å². The zero-order valence-electron chi connectivity index (χ0n) is 27.5. The van der Waals surface area contributed by atoms with E-state index in [0.717, 1.165) is 46.0 Å². The molecular weight excluding hydrogens is 562 g/mol. The molecule has 0 spiro atoms. The van der Waals surface area contributed by atoms with Crippen LogP contribution < -0.4 is 15.5 Å². The maximum Gasteiger partial charge on any atom is 0.324 e. The molecule has 9 nitrogen and oxygen atoms in total. The number of carbonyl (C=O) groups is 2. The number of hydrogen-bond acceptors (Lipinski definition) is 5. The van der Waals surface area contributed by atoms with Gasteiger partial charge in [-0.1, -0.05) is 56.7 Å². The largest absolute Gasteiger partial charge is 0.368 e. The molecule has 1 aromatic heterocycles. The summed E-state index contributed by atoms with van der Waals surface area (Å²) in [5.74, 6) is 0.664. The first-order chi connectivity index (χ1) is 21.4. The Labute approximate surface area is 266 Å². The number of amides is 3. The quantitative estimate of drug-likeness (QED) is 0.252. The third-order valence-electron chi connectivity index (χ3n) is 8.10. The molecule has 236 valence electrons. The number of carbonyl (C=O) groups excluding carboxylic acids is 2. The maximum absolute atomic E-state index is 13.3. The summed E-state index contributed by atoms with van der Waals surface area (Å²) < 4.78 is 1.78. The van der Waals surface area contributed by atoms with E-state index >= 15 is 0 Å². The molecule has 1 aliphatic heterocycles. The minimum absolute atomic E-state index is 0.0634. The van der Waals surface area contributed by atoms with E-state index in [1.807, 2.05) is 99.6 Å². The van der Waals surface area contributed by atoms with Crippen LogP contribution >= 0.6 is 0 Å². The highest BCUT2D eigenvalue weighted by Gasteiger charge is 2.24. The van der Waals surface area contributed by atoms with Gasteiger partial charge >= 0.3 is 6.03 Å². The Morgan fingerprint density at radius 1 is 0.822 bits per heavy atom. The Hall–Kier alpha value is -4.63. The average molecular weight is 608 g/mol. The number of benzene rings is 3. The fraction of sp³-hybridized carbons (Fsp3) is 0.361. The number of urea groups is 1. The van der Waals surface area contributed by atoms with E-state index in [1.165, 1.54) is 5.56 Å². The van der Waals surface area contributed by atoms with E-state index in [1.54, 1.807) is 4.68 Å². The van der Waals surface area contributed by atoms with E-state index < -0.39 is 0 Å². The summed E-state index contributed by atoms with van der Waals surface area (Å²) in [6.45, 7) is 13.9. The van der Waals surface area contributed by atoms with Crippen LogP contribution in [0.2, 0.25) is 0 Å². The Balaban J connectivity index is 1.24. The van der Waals surface area contributed by atoms with Crippen molar-refractivity contribution in [2.24, 2.45) is 0 Å². The minimum Gasteiger partial charge on any atom is -0.368 e. The molecule has 0 unspecified atom stereocenters. The van der Waals surface area contributed by atoms with Gasteiger partial charge in [0.05, 0.1) is 11.4 Å². The van der Waals surface area contributed by atoms with E-state index in [9.17, 15) is 9.59 Å². The number of aromatic nitrogens is 2. The van der Waals surface area contributed by atoms with Crippen molar-refractivity contribution in [2.45, 2.75) is 46.6 Å². The van der Waals surface area contributed by atoms with Gasteiger partial charge in [-0.25, -0.2) is 9.48 Å². The number of aryl methyl sites for hydroxylation is 2. The lowest BCUT2D eigenvalue weighted by Crippen LogP contribution is -2.48. The van der Waals surface area contributed by atoms with Crippen molar-refractivity contribution in [3.63, 3.8) is 0 Å². The molecule has 0 aliphatic carbocycles. The standard InChI is InChI=1S/C36H45N7O2/c1-25-8-15-29(16-9-25)43-33(23-32(39-43)36(3,4)5)38-35(45)37-31-22-30(17-10-26(31)2)41-18-20-42(21-19-41)34(44)28-13-11-27(12-14-28)24-40(6)7/h8-17,22-23H,18-21,24H2,1-7H3,(H2,37,38,45). The number of hydrogen-bond donors (Lipinski definition) is 2. The lowest BCUT2D eigenvalue weighted by molar-refractivity contribution is 0.0746. The number of anilines is 3. The summed E-state index contributed by atoms with van der Waals surface area (Å²) >= 11 is 0. The third kappa shape index (κ3) is 7.72. The van der Waals surface area contributed by atoms with Crippen molar-refractivity contribution in [3.8, 4) is 5.69 Å². The monoisotopic (exact) mass is 607 g/mol. The van der Waals surface area contributed by atoms with Gasteiger partial charge in [0.2, 0.25) is 0 Å². The van der Waals surface area contributed by atoms with Crippen molar-refractivity contribution in [3.05, 3.63) is 101 Å². The number of piperazine rings is 1. The predicted octanol–water partition coefficient (Wildman–Crippen LogP) is 6.45. The predicted molar refractivity (Wildman–Crippen MR) is 183 cm³/mol. The van der Waals surface area contributed by atoms with Crippen molar-refractivity contribution < 1.29 is 9.59 Å². The SMILES string of the molecule is Cc1ccc(-n2nc(C(C)(C)C)cc2NC(=O)Nc2cc(N3CCN(C(=O)c4ccc(CN(C)C)cc4)CC3)ccc2C)cc1. The van der Waals surface area contributed by atoms with E-state index in [4.69, 9.17) is 5.10 Å². The summed E-state index contributed by atoms with van der Waals surface area (Å²) in [5.41, 5.74) is 7.35. The lowest BCUT2D eigenvalue weighted by Gasteiger charge is -2.36. The number of nitrogens with zero attached hydrogens (tertiary/aromatic N) is 5. The zero-order valence-corrected chi connectivity index (χ0v) is 27.5. The van der Waals surface area contributed by atoms with Gasteiger partial charge in [0.25, 0.3) is 5.91 Å². The van der Waals surface area contributed by atoms with Gasteiger partial charge in [-0.15, -0.1) is 0 Å². The summed E-state index contributed by atoms with van der Waals surface area (Å²) in [4.78, 5) is 32.8. The van der Waals surface area contributed by atoms with Crippen molar-refractivity contribution in [1.82, 2.24) is 19.6 Å². The van der Waals surface area contributed by atoms with Crippen LogP contribution in [0.5, 0.6) is 0 Å². The Bertz CT molecular complexity index is 1640. The van der Waals surface area contributed by atoms with Crippen LogP contribution in [-0.2, 0) is 12.0 Å². The van der Waals surface area contributed by atoms with Crippen LogP contribution in [0.15, 0.2) is 72.8 Å². The minimum atomic E-state index is -0.337. The molecule has 9 heteroatoms. The fourth-order valence-electron chi connectivity index (χ4n) is 5.40. The van der Waals surface area contributed by atoms with Gasteiger partial charge in [0.1, 0.15) is 5.82 Å². The second-order valence-electron chi connectivity index (χ2n) is 13.2. The third-order valence-corrected chi connectivity index (χ3v) is 8.10. The topological polar surface area (TPSA) is 85.7 Å². The van der Waals surface area contributed by atoms with E-state index in [-0.39, 0.29) is 17.4 Å². The maximum atomic E-state index is 13.3. The normalized spacial score (nSPS) is 13.7. The molecule has 3 amide bonds. The van der Waals surface area contributed by atoms with Gasteiger partial charge in [0, 0.05) is 61.1 Å². The van der Waals surface area contributed by atoms with Crippen LogP contribution in [0.3, 0.4) is 0 Å². The molecule has 3 aromatic carbocycles. The number of rotatable bonds is 7. The van der Waals surface area contributed by atoms with Gasteiger partial charge in [-0.05, 0) is 75.5 Å². The van der Waals surface area contributed by atoms with Crippen LogP contribution in [0.4, 0.5) is 22.0 Å². The zero-order chi connectivity index (χ0) is 32.3. The molecule has 1 aliphatic rings. The highest BCUT2D eigenvalue weighted by Crippen LogP contribution is 2.28. The van der Waals surface area contributed by atoms with Crippen LogP contribution in [-0.4, -0.2) is 71.8 Å². The molecule has 0 atom stereocenters. The molecule has 2 heterocycles. The summed E-state index contributed by atoms with van der Waals surface area (Å²) in [6, 6.07) is 23.7. The van der Waals surface area contributed by atoms with E-state index in [2.05, 4.69) is 47.3 Å². The first kappa shape index (κ1) is 31.8. The van der Waals surface area contributed by atoms with Gasteiger partial charge in [-0.3, -0.25) is 10.1 Å². The Morgan fingerprint density at radius 2 is 1.47 bits per heavy atom. The molecule has 45 heavy (non-hydrogen) atoms. The molecule has 2 N–H and O–H groups in total. The first-order valence-corrected chi connectivity index (χ1v) is 15.5. The molecule has 4 aromatic rings. The highest BCUT2D eigenvalue weighted by atomic mass is 16.2. The van der Waals surface area contributed by atoms with Crippen LogP contribution in [0.1, 0.15) is 53.5 Å².